The van der Waals surface area contributed by atoms with Gasteiger partial charge in [0.25, 0.3) is 5.91 Å². The van der Waals surface area contributed by atoms with Crippen LogP contribution < -0.4 is 20.1 Å². The van der Waals surface area contributed by atoms with Crippen LogP contribution in [0.25, 0.3) is 16.6 Å². The number of fused-ring (bicyclic) bond motifs is 2. The van der Waals surface area contributed by atoms with Gasteiger partial charge in [-0.2, -0.15) is 13.2 Å². The minimum absolute atomic E-state index is 0.0310. The van der Waals surface area contributed by atoms with Gasteiger partial charge in [-0.15, -0.1) is 0 Å². The van der Waals surface area contributed by atoms with Gasteiger partial charge in [-0.1, -0.05) is 0 Å². The highest BCUT2D eigenvalue weighted by molar-refractivity contribution is 6.11. The molecule has 0 radical (unpaired) electrons. The second kappa shape index (κ2) is 7.94. The average Bonchev–Trinajstić information content (AvgIpc) is 3.15. The molecule has 4 aromatic rings. The van der Waals surface area contributed by atoms with E-state index in [2.05, 4.69) is 9.97 Å². The summed E-state index contributed by atoms with van der Waals surface area (Å²) in [5, 5.41) is 0.773. The minimum Gasteiger partial charge on any atom is -0.495 e. The van der Waals surface area contributed by atoms with Crippen LogP contribution in [0, 0.1) is 0 Å². The molecule has 11 heteroatoms. The molecule has 0 atom stereocenters. The Kier molecular flexibility index (Phi) is 5.03. The number of nitrogen functional groups attached to an aromatic ring is 1. The number of rotatable bonds is 3. The number of hydrogen-bond donors (Lipinski definition) is 1. The molecule has 1 amide bonds. The van der Waals surface area contributed by atoms with Gasteiger partial charge < -0.3 is 24.7 Å². The van der Waals surface area contributed by atoms with Crippen molar-refractivity contribution in [3.05, 3.63) is 66.1 Å². The second-order valence-corrected chi connectivity index (χ2v) is 7.56. The summed E-state index contributed by atoms with van der Waals surface area (Å²) in [6.45, 7) is 0.491. The fourth-order valence-electron chi connectivity index (χ4n) is 3.97. The lowest BCUT2D eigenvalue weighted by atomic mass is 10.1. The first kappa shape index (κ1) is 21.6. The molecule has 0 bridgehead atoms. The summed E-state index contributed by atoms with van der Waals surface area (Å²) in [6.07, 6.45) is -1.51. The number of aromatic nitrogens is 3. The first-order chi connectivity index (χ1) is 16.3. The first-order valence-electron chi connectivity index (χ1n) is 10.2. The van der Waals surface area contributed by atoms with Crippen molar-refractivity contribution in [1.82, 2.24) is 14.5 Å². The van der Waals surface area contributed by atoms with E-state index >= 15 is 0 Å². The molecular formula is C23H18F3N5O3. The molecule has 0 saturated heterocycles. The number of amides is 1. The second-order valence-electron chi connectivity index (χ2n) is 7.56. The molecule has 3 heterocycles. The lowest BCUT2D eigenvalue weighted by molar-refractivity contribution is -0.137. The molecule has 2 aromatic carbocycles. The number of methoxy groups -OCH3 is 1. The number of alkyl halides is 3. The van der Waals surface area contributed by atoms with E-state index < -0.39 is 11.7 Å². The van der Waals surface area contributed by atoms with Crippen LogP contribution in [0.1, 0.15) is 15.9 Å². The Hall–Kier alpha value is -4.28. The maximum Gasteiger partial charge on any atom is 0.416 e. The van der Waals surface area contributed by atoms with Crippen LogP contribution in [0.2, 0.25) is 0 Å². The standard InChI is InChI=1S/C23H18F3N5O3/c1-33-18-11-14(23(24,25)26)2-4-17(18)31-7-6-13-10-15(3-5-16(13)31)30-8-9-34-21-19(22(30)32)20(27)28-12-29-21/h2-7,10-12H,8-9H2,1H3,(H2,27,28,29). The van der Waals surface area contributed by atoms with E-state index in [4.69, 9.17) is 15.2 Å². The normalized spacial score (nSPS) is 14.0. The molecule has 0 spiro atoms. The van der Waals surface area contributed by atoms with Crippen molar-refractivity contribution in [1.29, 1.82) is 0 Å². The largest absolute Gasteiger partial charge is 0.495 e. The zero-order chi connectivity index (χ0) is 24.0. The van der Waals surface area contributed by atoms with E-state index in [9.17, 15) is 18.0 Å². The van der Waals surface area contributed by atoms with Crippen molar-refractivity contribution in [2.24, 2.45) is 0 Å². The molecule has 8 nitrogen and oxygen atoms in total. The quantitative estimate of drug-likeness (QED) is 0.486. The lowest BCUT2D eigenvalue weighted by Crippen LogP contribution is -2.32. The zero-order valence-electron chi connectivity index (χ0n) is 17.8. The summed E-state index contributed by atoms with van der Waals surface area (Å²) in [7, 11) is 1.32. The SMILES string of the molecule is COc1cc(C(F)(F)F)ccc1-n1ccc2cc(N3CCOc4ncnc(N)c4C3=O)ccc21. The number of nitrogens with two attached hydrogens (primary N) is 1. The third-order valence-corrected chi connectivity index (χ3v) is 5.61. The summed E-state index contributed by atoms with van der Waals surface area (Å²) < 4.78 is 51.9. The van der Waals surface area contributed by atoms with Gasteiger partial charge >= 0.3 is 6.18 Å². The molecule has 2 N–H and O–H groups in total. The third-order valence-electron chi connectivity index (χ3n) is 5.61. The predicted molar refractivity (Wildman–Crippen MR) is 118 cm³/mol. The zero-order valence-corrected chi connectivity index (χ0v) is 17.8. The number of ether oxygens (including phenoxy) is 2. The number of carbonyl (C=O) groups excluding carboxylic acids is 1. The number of halogens is 3. The molecule has 0 unspecified atom stereocenters. The maximum atomic E-state index is 13.2. The lowest BCUT2D eigenvalue weighted by Gasteiger charge is -2.20. The van der Waals surface area contributed by atoms with Gasteiger partial charge in [0.2, 0.25) is 5.88 Å². The topological polar surface area (TPSA) is 95.5 Å². The molecule has 5 rings (SSSR count). The van der Waals surface area contributed by atoms with Crippen molar-refractivity contribution < 1.29 is 27.4 Å². The van der Waals surface area contributed by atoms with Crippen LogP contribution in [-0.4, -0.2) is 40.7 Å². The van der Waals surface area contributed by atoms with Crippen molar-refractivity contribution in [3.8, 4) is 17.3 Å². The molecule has 0 fully saturated rings. The summed E-state index contributed by atoms with van der Waals surface area (Å²) in [4.78, 5) is 22.6. The van der Waals surface area contributed by atoms with E-state index in [0.29, 0.717) is 11.4 Å². The van der Waals surface area contributed by atoms with Crippen LogP contribution in [-0.2, 0) is 6.18 Å². The number of nitrogens with zero attached hydrogens (tertiary/aromatic N) is 4. The van der Waals surface area contributed by atoms with Crippen molar-refractivity contribution in [3.63, 3.8) is 0 Å². The van der Waals surface area contributed by atoms with Gasteiger partial charge in [0.05, 0.1) is 30.4 Å². The van der Waals surface area contributed by atoms with E-state index in [0.717, 1.165) is 23.0 Å². The fourth-order valence-corrected chi connectivity index (χ4v) is 3.97. The van der Waals surface area contributed by atoms with Gasteiger partial charge in [-0.25, -0.2) is 9.97 Å². The van der Waals surface area contributed by atoms with Crippen molar-refractivity contribution in [2.75, 3.05) is 30.9 Å². The van der Waals surface area contributed by atoms with E-state index in [1.165, 1.54) is 24.4 Å². The maximum absolute atomic E-state index is 13.2. The van der Waals surface area contributed by atoms with Crippen LogP contribution in [0.5, 0.6) is 11.6 Å². The monoisotopic (exact) mass is 469 g/mol. The smallest absolute Gasteiger partial charge is 0.416 e. The van der Waals surface area contributed by atoms with Crippen LogP contribution in [0.3, 0.4) is 0 Å². The molecule has 2 aromatic heterocycles. The number of anilines is 2. The van der Waals surface area contributed by atoms with Crippen LogP contribution in [0.4, 0.5) is 24.7 Å². The Morgan fingerprint density at radius 3 is 2.71 bits per heavy atom. The third kappa shape index (κ3) is 3.54. The average molecular weight is 469 g/mol. The van der Waals surface area contributed by atoms with Gasteiger partial charge in [-0.3, -0.25) is 4.79 Å². The summed E-state index contributed by atoms with van der Waals surface area (Å²) in [5.41, 5.74) is 7.00. The van der Waals surface area contributed by atoms with Crippen LogP contribution >= 0.6 is 0 Å². The highest BCUT2D eigenvalue weighted by atomic mass is 19.4. The summed E-state index contributed by atoms with van der Waals surface area (Å²) in [6, 6.07) is 10.5. The Balaban J connectivity index is 1.54. The number of carbonyl (C=O) groups is 1. The predicted octanol–water partition coefficient (Wildman–Crippen LogP) is 4.07. The number of hydrogen-bond acceptors (Lipinski definition) is 6. The highest BCUT2D eigenvalue weighted by Gasteiger charge is 2.32. The highest BCUT2D eigenvalue weighted by Crippen LogP contribution is 2.36. The Morgan fingerprint density at radius 2 is 1.94 bits per heavy atom. The first-order valence-corrected chi connectivity index (χ1v) is 10.2. The molecule has 34 heavy (non-hydrogen) atoms. The fraction of sp³-hybridized carbons (Fsp3) is 0.174. The molecule has 1 aliphatic rings. The summed E-state index contributed by atoms with van der Waals surface area (Å²) in [5.74, 6) is -0.123. The molecule has 174 valence electrons. The van der Waals surface area contributed by atoms with Crippen molar-refractivity contribution in [2.45, 2.75) is 6.18 Å². The van der Waals surface area contributed by atoms with E-state index in [1.54, 1.807) is 29.0 Å². The molecule has 0 aliphatic carbocycles. The minimum atomic E-state index is -4.48. The van der Waals surface area contributed by atoms with Gasteiger partial charge in [-0.05, 0) is 42.5 Å². The van der Waals surface area contributed by atoms with Gasteiger partial charge in [0.15, 0.2) is 0 Å². The Bertz CT molecular complexity index is 1420. The molecule has 1 aliphatic heterocycles. The van der Waals surface area contributed by atoms with Crippen molar-refractivity contribution >= 4 is 28.3 Å². The Morgan fingerprint density at radius 1 is 1.12 bits per heavy atom. The van der Waals surface area contributed by atoms with Gasteiger partial charge in [0.1, 0.15) is 30.1 Å². The van der Waals surface area contributed by atoms with Crippen LogP contribution in [0.15, 0.2) is 55.0 Å². The van der Waals surface area contributed by atoms with E-state index in [-0.39, 0.29) is 42.1 Å². The molecule has 0 saturated carbocycles. The molecular weight excluding hydrogens is 451 g/mol. The van der Waals surface area contributed by atoms with E-state index in [1.807, 2.05) is 6.07 Å². The Labute approximate surface area is 191 Å². The van der Waals surface area contributed by atoms with Gasteiger partial charge in [0, 0.05) is 17.3 Å². The summed E-state index contributed by atoms with van der Waals surface area (Å²) >= 11 is 0. The number of benzene rings is 2.